The summed E-state index contributed by atoms with van der Waals surface area (Å²) in [5, 5.41) is 0. The Balaban J connectivity index is 2.77. The second kappa shape index (κ2) is 4.27. The molecule has 0 spiro atoms. The van der Waals surface area contributed by atoms with Crippen LogP contribution in [0, 0.1) is 0 Å². The van der Waals surface area contributed by atoms with Crippen LogP contribution in [0.1, 0.15) is 5.56 Å². The summed E-state index contributed by atoms with van der Waals surface area (Å²) < 4.78 is 38.5. The minimum absolute atomic E-state index is 0.0793. The fourth-order valence-electron chi connectivity index (χ4n) is 1.85. The molecule has 1 aliphatic rings. The van der Waals surface area contributed by atoms with E-state index < -0.39 is 9.05 Å². The quantitative estimate of drug-likeness (QED) is 0.786. The number of ether oxygens (including phenoxy) is 3. The molecule has 1 aromatic carbocycles. The molecule has 94 valence electrons. The van der Waals surface area contributed by atoms with Crippen LogP contribution in [0.4, 0.5) is 0 Å². The van der Waals surface area contributed by atoms with Crippen molar-refractivity contribution in [3.05, 3.63) is 11.6 Å². The molecule has 2 rings (SSSR count). The molecule has 0 fully saturated rings. The van der Waals surface area contributed by atoms with Crippen LogP contribution in [0.3, 0.4) is 0 Å². The largest absolute Gasteiger partial charge is 0.493 e. The molecule has 0 atom stereocenters. The fraction of sp³-hybridized carbons (Fsp3) is 0.400. The standard InChI is InChI=1S/C10H11ClO5S/c1-14-7-5-8(17(11,12)13)10-6(3-4-16-10)9(7)15-2/h5H,3-4H2,1-2H3. The van der Waals surface area contributed by atoms with Gasteiger partial charge in [-0.1, -0.05) is 0 Å². The van der Waals surface area contributed by atoms with E-state index in [1.807, 2.05) is 0 Å². The molecule has 0 N–H and O–H groups in total. The van der Waals surface area contributed by atoms with Gasteiger partial charge in [0.15, 0.2) is 11.5 Å². The first kappa shape index (κ1) is 12.3. The zero-order valence-electron chi connectivity index (χ0n) is 9.32. The first-order chi connectivity index (χ1) is 7.99. The van der Waals surface area contributed by atoms with Crippen LogP contribution < -0.4 is 14.2 Å². The monoisotopic (exact) mass is 278 g/mol. The molecule has 1 aromatic rings. The van der Waals surface area contributed by atoms with Crippen LogP contribution in [-0.4, -0.2) is 29.2 Å². The Morgan fingerprint density at radius 2 is 2.06 bits per heavy atom. The topological polar surface area (TPSA) is 61.8 Å². The molecular formula is C10H11ClO5S. The van der Waals surface area contributed by atoms with Crippen LogP contribution >= 0.6 is 10.7 Å². The highest BCUT2D eigenvalue weighted by molar-refractivity contribution is 8.13. The third-order valence-corrected chi connectivity index (χ3v) is 3.87. The van der Waals surface area contributed by atoms with Gasteiger partial charge in [-0.2, -0.15) is 0 Å². The first-order valence-electron chi connectivity index (χ1n) is 4.84. The maximum absolute atomic E-state index is 11.4. The minimum atomic E-state index is -3.87. The zero-order valence-corrected chi connectivity index (χ0v) is 10.9. The summed E-state index contributed by atoms with van der Waals surface area (Å²) in [4.78, 5) is -0.0793. The second-order valence-corrected chi connectivity index (χ2v) is 5.99. The van der Waals surface area contributed by atoms with E-state index in [9.17, 15) is 8.42 Å². The molecular weight excluding hydrogens is 268 g/mol. The Kier molecular flexibility index (Phi) is 3.09. The molecule has 0 unspecified atom stereocenters. The van der Waals surface area contributed by atoms with Crippen LogP contribution in [0.2, 0.25) is 0 Å². The normalized spacial score (nSPS) is 14.1. The van der Waals surface area contributed by atoms with Gasteiger partial charge in [0.1, 0.15) is 10.6 Å². The molecule has 0 aliphatic carbocycles. The maximum Gasteiger partial charge on any atom is 0.265 e. The van der Waals surface area contributed by atoms with Gasteiger partial charge in [0.25, 0.3) is 9.05 Å². The average Bonchev–Trinajstić information content (AvgIpc) is 2.73. The minimum Gasteiger partial charge on any atom is -0.493 e. The van der Waals surface area contributed by atoms with Gasteiger partial charge in [0.2, 0.25) is 0 Å². The Morgan fingerprint density at radius 1 is 1.35 bits per heavy atom. The Hall–Kier alpha value is -1.14. The Labute approximate surface area is 104 Å². The predicted octanol–water partition coefficient (Wildman–Crippen LogP) is 1.57. The third-order valence-electron chi connectivity index (χ3n) is 2.54. The number of halogens is 1. The van der Waals surface area contributed by atoms with Crippen molar-refractivity contribution in [3.63, 3.8) is 0 Å². The summed E-state index contributed by atoms with van der Waals surface area (Å²) in [7, 11) is 4.42. The first-order valence-corrected chi connectivity index (χ1v) is 7.15. The summed E-state index contributed by atoms with van der Waals surface area (Å²) in [6.07, 6.45) is 0.565. The van der Waals surface area contributed by atoms with Gasteiger partial charge in [-0.05, 0) is 0 Å². The summed E-state index contributed by atoms with van der Waals surface area (Å²) in [6.45, 7) is 0.401. The van der Waals surface area contributed by atoms with Crippen molar-refractivity contribution in [2.24, 2.45) is 0 Å². The van der Waals surface area contributed by atoms with Crippen LogP contribution in [0.25, 0.3) is 0 Å². The Bertz CT molecular complexity index is 552. The summed E-state index contributed by atoms with van der Waals surface area (Å²) in [5.41, 5.74) is 0.672. The van der Waals surface area contributed by atoms with Crippen LogP contribution in [0.5, 0.6) is 17.2 Å². The molecule has 5 nitrogen and oxygen atoms in total. The van der Waals surface area contributed by atoms with Crippen LogP contribution in [-0.2, 0) is 15.5 Å². The highest BCUT2D eigenvalue weighted by atomic mass is 35.7. The van der Waals surface area contributed by atoms with Gasteiger partial charge in [-0.15, -0.1) is 0 Å². The molecule has 17 heavy (non-hydrogen) atoms. The molecule has 1 aliphatic heterocycles. The van der Waals surface area contributed by atoms with E-state index >= 15 is 0 Å². The summed E-state index contributed by atoms with van der Waals surface area (Å²) >= 11 is 0. The second-order valence-electron chi connectivity index (χ2n) is 3.45. The molecule has 0 saturated heterocycles. The highest BCUT2D eigenvalue weighted by Crippen LogP contribution is 2.45. The van der Waals surface area contributed by atoms with Crippen molar-refractivity contribution < 1.29 is 22.6 Å². The van der Waals surface area contributed by atoms with Gasteiger partial charge in [0.05, 0.1) is 20.8 Å². The number of methoxy groups -OCH3 is 2. The van der Waals surface area contributed by atoms with Crippen molar-refractivity contribution >= 4 is 19.7 Å². The maximum atomic E-state index is 11.4. The number of hydrogen-bond donors (Lipinski definition) is 0. The molecule has 0 amide bonds. The van der Waals surface area contributed by atoms with E-state index in [4.69, 9.17) is 24.9 Å². The van der Waals surface area contributed by atoms with E-state index in [0.717, 1.165) is 0 Å². The van der Waals surface area contributed by atoms with Crippen molar-refractivity contribution in [2.75, 3.05) is 20.8 Å². The van der Waals surface area contributed by atoms with E-state index in [2.05, 4.69) is 0 Å². The lowest BCUT2D eigenvalue weighted by atomic mass is 10.1. The molecule has 1 heterocycles. The third kappa shape index (κ3) is 2.02. The van der Waals surface area contributed by atoms with Crippen LogP contribution in [0.15, 0.2) is 11.0 Å². The molecule has 0 radical (unpaired) electrons. The van der Waals surface area contributed by atoms with Crippen molar-refractivity contribution in [2.45, 2.75) is 11.3 Å². The number of benzene rings is 1. The smallest absolute Gasteiger partial charge is 0.265 e. The van der Waals surface area contributed by atoms with E-state index in [1.54, 1.807) is 0 Å². The summed E-state index contributed by atoms with van der Waals surface area (Å²) in [5.74, 6) is 1.08. The van der Waals surface area contributed by atoms with Gasteiger partial charge in [-0.3, -0.25) is 0 Å². The van der Waals surface area contributed by atoms with Gasteiger partial charge >= 0.3 is 0 Å². The number of fused-ring (bicyclic) bond motifs is 1. The average molecular weight is 279 g/mol. The molecule has 7 heteroatoms. The molecule has 0 bridgehead atoms. The van der Waals surface area contributed by atoms with Crippen molar-refractivity contribution in [1.29, 1.82) is 0 Å². The van der Waals surface area contributed by atoms with Gasteiger partial charge in [-0.25, -0.2) is 8.42 Å². The lowest BCUT2D eigenvalue weighted by Crippen LogP contribution is -2.00. The SMILES string of the molecule is COc1cc(S(=O)(=O)Cl)c2c(c1OC)CCO2. The summed E-state index contributed by atoms with van der Waals surface area (Å²) in [6, 6.07) is 1.31. The zero-order chi connectivity index (χ0) is 12.6. The fourth-order valence-corrected chi connectivity index (χ4v) is 2.84. The highest BCUT2D eigenvalue weighted by Gasteiger charge is 2.30. The van der Waals surface area contributed by atoms with Crippen molar-refractivity contribution in [3.8, 4) is 17.2 Å². The lowest BCUT2D eigenvalue weighted by molar-refractivity contribution is 0.342. The Morgan fingerprint density at radius 3 is 2.59 bits per heavy atom. The number of hydrogen-bond acceptors (Lipinski definition) is 5. The number of rotatable bonds is 3. The van der Waals surface area contributed by atoms with Crippen molar-refractivity contribution in [1.82, 2.24) is 0 Å². The van der Waals surface area contributed by atoms with Gasteiger partial charge < -0.3 is 14.2 Å². The predicted molar refractivity (Wildman–Crippen MR) is 61.8 cm³/mol. The van der Waals surface area contributed by atoms with E-state index in [0.29, 0.717) is 30.1 Å². The van der Waals surface area contributed by atoms with E-state index in [-0.39, 0.29) is 10.6 Å². The van der Waals surface area contributed by atoms with Gasteiger partial charge in [0, 0.05) is 28.7 Å². The molecule has 0 aromatic heterocycles. The van der Waals surface area contributed by atoms with E-state index in [1.165, 1.54) is 20.3 Å². The lowest BCUT2D eigenvalue weighted by Gasteiger charge is -2.13. The molecule has 0 saturated carbocycles.